The number of morpholine rings is 1. The van der Waals surface area contributed by atoms with Gasteiger partial charge in [0.15, 0.2) is 6.10 Å². The normalized spacial score (nSPS) is 19.3. The standard InChI is InChI=1S/C16H20ClNO5/c1-10-7-13(3-4-14(10)17)23-11(2)16(21)18-5-6-22-9-12(18)8-15(19)20/h3-4,7,11-12H,5-6,8-9H2,1-2H3,(H,19,20). The highest BCUT2D eigenvalue weighted by atomic mass is 35.5. The second-order valence-electron chi connectivity index (χ2n) is 5.53. The van der Waals surface area contributed by atoms with Crippen LogP contribution in [0.25, 0.3) is 0 Å². The topological polar surface area (TPSA) is 76.1 Å². The third-order valence-electron chi connectivity index (χ3n) is 3.71. The predicted octanol–water partition coefficient (Wildman–Crippen LogP) is 2.12. The summed E-state index contributed by atoms with van der Waals surface area (Å²) in [4.78, 5) is 25.0. The van der Waals surface area contributed by atoms with Crippen LogP contribution in [0.5, 0.6) is 5.75 Å². The van der Waals surface area contributed by atoms with Crippen molar-refractivity contribution in [3.05, 3.63) is 28.8 Å². The van der Waals surface area contributed by atoms with Gasteiger partial charge in [0.2, 0.25) is 0 Å². The Balaban J connectivity index is 2.04. The summed E-state index contributed by atoms with van der Waals surface area (Å²) in [6.07, 6.45) is -0.858. The molecule has 7 heteroatoms. The van der Waals surface area contributed by atoms with Gasteiger partial charge in [-0.2, -0.15) is 0 Å². The number of hydrogen-bond acceptors (Lipinski definition) is 4. The van der Waals surface area contributed by atoms with Gasteiger partial charge in [-0.3, -0.25) is 9.59 Å². The van der Waals surface area contributed by atoms with E-state index in [2.05, 4.69) is 0 Å². The number of benzene rings is 1. The van der Waals surface area contributed by atoms with Gasteiger partial charge in [0.1, 0.15) is 5.75 Å². The van der Waals surface area contributed by atoms with E-state index < -0.39 is 18.1 Å². The largest absolute Gasteiger partial charge is 0.481 e. The summed E-state index contributed by atoms with van der Waals surface area (Å²) in [6, 6.07) is 4.71. The van der Waals surface area contributed by atoms with Gasteiger partial charge < -0.3 is 19.5 Å². The minimum absolute atomic E-state index is 0.140. The van der Waals surface area contributed by atoms with Crippen molar-refractivity contribution in [2.24, 2.45) is 0 Å². The molecule has 0 bridgehead atoms. The van der Waals surface area contributed by atoms with E-state index in [0.29, 0.717) is 23.9 Å². The number of carboxylic acid groups (broad SMARTS) is 1. The first-order valence-electron chi connectivity index (χ1n) is 7.41. The molecule has 1 aliphatic rings. The van der Waals surface area contributed by atoms with E-state index in [1.165, 1.54) is 4.90 Å². The van der Waals surface area contributed by atoms with E-state index in [1.807, 2.05) is 6.92 Å². The van der Waals surface area contributed by atoms with E-state index in [1.54, 1.807) is 25.1 Å². The highest BCUT2D eigenvalue weighted by molar-refractivity contribution is 6.31. The average molecular weight is 342 g/mol. The van der Waals surface area contributed by atoms with Crippen molar-refractivity contribution in [3.63, 3.8) is 0 Å². The summed E-state index contributed by atoms with van der Waals surface area (Å²) in [5.74, 6) is -0.650. The molecule has 2 unspecified atom stereocenters. The Morgan fingerprint density at radius 1 is 1.52 bits per heavy atom. The van der Waals surface area contributed by atoms with Crippen LogP contribution in [-0.2, 0) is 14.3 Å². The van der Waals surface area contributed by atoms with E-state index >= 15 is 0 Å². The molecule has 6 nitrogen and oxygen atoms in total. The highest BCUT2D eigenvalue weighted by Gasteiger charge is 2.32. The van der Waals surface area contributed by atoms with Gasteiger partial charge in [0.05, 0.1) is 25.7 Å². The molecule has 1 aromatic carbocycles. The van der Waals surface area contributed by atoms with Gasteiger partial charge in [-0.25, -0.2) is 0 Å². The van der Waals surface area contributed by atoms with Crippen LogP contribution in [0.3, 0.4) is 0 Å². The average Bonchev–Trinajstić information content (AvgIpc) is 2.50. The molecule has 1 heterocycles. The summed E-state index contributed by atoms with van der Waals surface area (Å²) in [7, 11) is 0. The molecule has 23 heavy (non-hydrogen) atoms. The number of amides is 1. The number of carboxylic acids is 1. The third kappa shape index (κ3) is 4.59. The molecule has 1 fully saturated rings. The van der Waals surface area contributed by atoms with Gasteiger partial charge in [-0.15, -0.1) is 0 Å². The molecule has 1 aromatic rings. The molecule has 2 rings (SSSR count). The summed E-state index contributed by atoms with van der Waals surface area (Å²) in [5, 5.41) is 9.59. The summed E-state index contributed by atoms with van der Waals surface area (Å²) < 4.78 is 11.0. The number of rotatable bonds is 5. The van der Waals surface area contributed by atoms with Crippen LogP contribution in [0.15, 0.2) is 18.2 Å². The van der Waals surface area contributed by atoms with Crippen LogP contribution >= 0.6 is 11.6 Å². The number of nitrogens with zero attached hydrogens (tertiary/aromatic N) is 1. The zero-order chi connectivity index (χ0) is 17.0. The molecule has 1 aliphatic heterocycles. The Morgan fingerprint density at radius 3 is 2.91 bits per heavy atom. The fourth-order valence-electron chi connectivity index (χ4n) is 2.49. The molecule has 1 saturated heterocycles. The van der Waals surface area contributed by atoms with Crippen molar-refractivity contribution in [1.29, 1.82) is 0 Å². The summed E-state index contributed by atoms with van der Waals surface area (Å²) in [6.45, 7) is 4.50. The number of carbonyl (C=O) groups is 2. The lowest BCUT2D eigenvalue weighted by molar-refractivity contribution is -0.150. The zero-order valence-corrected chi connectivity index (χ0v) is 13.9. The maximum absolute atomic E-state index is 12.6. The number of aryl methyl sites for hydroxylation is 1. The van der Waals surface area contributed by atoms with Crippen LogP contribution in [0.2, 0.25) is 5.02 Å². The zero-order valence-electron chi connectivity index (χ0n) is 13.1. The lowest BCUT2D eigenvalue weighted by Gasteiger charge is -2.36. The van der Waals surface area contributed by atoms with Gasteiger partial charge >= 0.3 is 5.97 Å². The molecular formula is C16H20ClNO5. The van der Waals surface area contributed by atoms with Gasteiger partial charge in [-0.05, 0) is 37.6 Å². The first-order chi connectivity index (χ1) is 10.9. The Hall–Kier alpha value is -1.79. The van der Waals surface area contributed by atoms with E-state index in [9.17, 15) is 9.59 Å². The van der Waals surface area contributed by atoms with Gasteiger partial charge in [0.25, 0.3) is 5.91 Å². The Kier molecular flexibility index (Phi) is 5.85. The molecule has 0 aliphatic carbocycles. The number of halogens is 1. The molecular weight excluding hydrogens is 322 g/mol. The smallest absolute Gasteiger partial charge is 0.305 e. The van der Waals surface area contributed by atoms with Gasteiger partial charge in [-0.1, -0.05) is 11.6 Å². The highest BCUT2D eigenvalue weighted by Crippen LogP contribution is 2.22. The van der Waals surface area contributed by atoms with Crippen molar-refractivity contribution in [3.8, 4) is 5.75 Å². The van der Waals surface area contributed by atoms with Crippen molar-refractivity contribution in [2.75, 3.05) is 19.8 Å². The van der Waals surface area contributed by atoms with Gasteiger partial charge in [0, 0.05) is 11.6 Å². The van der Waals surface area contributed by atoms with E-state index in [-0.39, 0.29) is 18.9 Å². The number of ether oxygens (including phenoxy) is 2. The van der Waals surface area contributed by atoms with Crippen LogP contribution in [0.4, 0.5) is 0 Å². The van der Waals surface area contributed by atoms with Crippen molar-refractivity contribution >= 4 is 23.5 Å². The van der Waals surface area contributed by atoms with Crippen LogP contribution < -0.4 is 4.74 Å². The third-order valence-corrected chi connectivity index (χ3v) is 4.13. The monoisotopic (exact) mass is 341 g/mol. The van der Waals surface area contributed by atoms with Crippen LogP contribution in [0, 0.1) is 6.92 Å². The number of aliphatic carboxylic acids is 1. The minimum atomic E-state index is -0.958. The van der Waals surface area contributed by atoms with Crippen LogP contribution in [-0.4, -0.2) is 53.8 Å². The molecule has 0 spiro atoms. The fraction of sp³-hybridized carbons (Fsp3) is 0.500. The molecule has 2 atom stereocenters. The lowest BCUT2D eigenvalue weighted by Crippen LogP contribution is -2.53. The summed E-state index contributed by atoms with van der Waals surface area (Å²) in [5.41, 5.74) is 0.860. The molecule has 1 N–H and O–H groups in total. The quantitative estimate of drug-likeness (QED) is 0.887. The first-order valence-corrected chi connectivity index (χ1v) is 7.79. The molecule has 1 amide bonds. The Labute approximate surface area is 139 Å². The van der Waals surface area contributed by atoms with E-state index in [4.69, 9.17) is 26.2 Å². The minimum Gasteiger partial charge on any atom is -0.481 e. The van der Waals surface area contributed by atoms with Crippen molar-refractivity contribution < 1.29 is 24.2 Å². The molecule has 126 valence electrons. The molecule has 0 aromatic heterocycles. The predicted molar refractivity (Wildman–Crippen MR) is 84.9 cm³/mol. The Bertz CT molecular complexity index is 592. The van der Waals surface area contributed by atoms with Crippen molar-refractivity contribution in [2.45, 2.75) is 32.4 Å². The second kappa shape index (κ2) is 7.66. The maximum atomic E-state index is 12.6. The lowest BCUT2D eigenvalue weighted by atomic mass is 10.1. The second-order valence-corrected chi connectivity index (χ2v) is 5.94. The van der Waals surface area contributed by atoms with Crippen molar-refractivity contribution in [1.82, 2.24) is 4.90 Å². The van der Waals surface area contributed by atoms with E-state index in [0.717, 1.165) is 5.56 Å². The number of hydrogen-bond donors (Lipinski definition) is 1. The first kappa shape index (κ1) is 17.6. The maximum Gasteiger partial charge on any atom is 0.305 e. The Morgan fingerprint density at radius 2 is 2.26 bits per heavy atom. The van der Waals surface area contributed by atoms with Crippen LogP contribution in [0.1, 0.15) is 18.9 Å². The number of carbonyl (C=O) groups excluding carboxylic acids is 1. The SMILES string of the molecule is Cc1cc(OC(C)C(=O)N2CCOCC2CC(=O)O)ccc1Cl. The summed E-state index contributed by atoms with van der Waals surface area (Å²) >= 11 is 5.97. The molecule has 0 saturated carbocycles. The fourth-order valence-corrected chi connectivity index (χ4v) is 2.61. The molecule has 0 radical (unpaired) electrons.